The molecule has 0 radical (unpaired) electrons. The minimum absolute atomic E-state index is 0. The van der Waals surface area contributed by atoms with E-state index in [1.165, 1.54) is 18.1 Å². The Morgan fingerprint density at radius 3 is 1.18 bits per heavy atom. The fraction of sp³-hybridized carbons (Fsp3) is 0.400. The van der Waals surface area contributed by atoms with Crippen LogP contribution in [0.25, 0.3) is 0 Å². The largest absolute Gasteiger partial charge is 0.491 e. The van der Waals surface area contributed by atoms with Crippen LogP contribution in [-0.2, 0) is 50.6 Å². The van der Waals surface area contributed by atoms with E-state index in [1.54, 1.807) is 13.8 Å². The van der Waals surface area contributed by atoms with Crippen molar-refractivity contribution in [2.45, 2.75) is 97.6 Å². The average Bonchev–Trinajstić information content (AvgIpc) is 4.26. The van der Waals surface area contributed by atoms with E-state index in [1.807, 2.05) is 72.8 Å². The van der Waals surface area contributed by atoms with Crippen LogP contribution in [0.4, 0.5) is 0 Å². The van der Waals surface area contributed by atoms with E-state index < -0.39 is 30.1 Å². The first-order chi connectivity index (χ1) is 31.6. The van der Waals surface area contributed by atoms with Crippen molar-refractivity contribution in [3.8, 4) is 17.2 Å². The number of epoxide rings is 2. The highest BCUT2D eigenvalue weighted by Gasteiger charge is 2.27. The van der Waals surface area contributed by atoms with E-state index >= 15 is 0 Å². The average molecular weight is 939 g/mol. The van der Waals surface area contributed by atoms with Gasteiger partial charge in [0.2, 0.25) is 0 Å². The van der Waals surface area contributed by atoms with Gasteiger partial charge in [-0.15, -0.1) is 0 Å². The van der Waals surface area contributed by atoms with Gasteiger partial charge in [-0.1, -0.05) is 116 Å². The summed E-state index contributed by atoms with van der Waals surface area (Å²) in [4.78, 5) is 32.5. The Morgan fingerprint density at radius 1 is 0.559 bits per heavy atom. The van der Waals surface area contributed by atoms with E-state index in [0.717, 1.165) is 41.4 Å². The molecule has 0 spiro atoms. The number of esters is 2. The Kier molecular flexibility index (Phi) is 21.7. The summed E-state index contributed by atoms with van der Waals surface area (Å²) in [6, 6.07) is 32.3. The number of aliphatic hydroxyl groups excluding tert-OH is 2. The molecule has 2 heterocycles. The van der Waals surface area contributed by atoms with Crippen LogP contribution < -0.4 is 14.2 Å². The van der Waals surface area contributed by atoms with E-state index in [4.69, 9.17) is 38.3 Å². The number of ether oxygens (including phenoxy) is 7. The van der Waals surface area contributed by atoms with Crippen LogP contribution in [0.5, 0.6) is 17.2 Å². The van der Waals surface area contributed by atoms with Gasteiger partial charge in [0.05, 0.1) is 19.3 Å². The molecule has 13 nitrogen and oxygen atoms in total. The van der Waals surface area contributed by atoms with Crippen molar-refractivity contribution in [3.05, 3.63) is 161 Å². The predicted molar refractivity (Wildman–Crippen MR) is 262 cm³/mol. The number of carbonyl (C=O) groups excluding carboxylic acids is 2. The Hall–Kier alpha value is -6.25. The normalized spacial score (nSPS) is 15.4. The Balaban J connectivity index is 0.000000330. The summed E-state index contributed by atoms with van der Waals surface area (Å²) in [6.07, 6.45) is -0.809. The SMILES string of the molecule is C.C=C(C)C(=O)O.C=C(C)C(=O)OCC(O)COc1ccc(C(C)(C)c2ccc(CC(O)COC(=O)C(=C)C)cc2)cc1.CC(C)(c1ccc(OCC2CO2)cc1)c1ccc(OCC2CO2)cc1. The van der Waals surface area contributed by atoms with Crippen LogP contribution in [0.3, 0.4) is 0 Å². The molecular formula is C55H70O13. The van der Waals surface area contributed by atoms with Crippen LogP contribution in [0.1, 0.15) is 83.7 Å². The van der Waals surface area contributed by atoms with Crippen LogP contribution in [0.15, 0.2) is 134 Å². The van der Waals surface area contributed by atoms with Gasteiger partial charge in [-0.2, -0.15) is 0 Å². The number of benzene rings is 4. The summed E-state index contributed by atoms with van der Waals surface area (Å²) in [5.41, 5.74) is 5.98. The van der Waals surface area contributed by atoms with Crippen molar-refractivity contribution in [1.29, 1.82) is 0 Å². The summed E-state index contributed by atoms with van der Waals surface area (Å²) in [5.74, 6) is 0.380. The molecule has 0 amide bonds. The highest BCUT2D eigenvalue weighted by Crippen LogP contribution is 2.35. The first-order valence-corrected chi connectivity index (χ1v) is 22.1. The van der Waals surface area contributed by atoms with Crippen molar-refractivity contribution in [1.82, 2.24) is 0 Å². The van der Waals surface area contributed by atoms with Crippen molar-refractivity contribution in [2.75, 3.05) is 46.2 Å². The van der Waals surface area contributed by atoms with Crippen molar-refractivity contribution in [2.24, 2.45) is 0 Å². The quantitative estimate of drug-likeness (QED) is 0.0387. The number of aliphatic hydroxyl groups is 2. The number of hydrogen-bond donors (Lipinski definition) is 3. The lowest BCUT2D eigenvalue weighted by molar-refractivity contribution is -0.142. The van der Waals surface area contributed by atoms with Gasteiger partial charge in [-0.25, -0.2) is 14.4 Å². The second kappa shape index (κ2) is 26.3. The topological polar surface area (TPSA) is 183 Å². The Labute approximate surface area is 402 Å². The van der Waals surface area contributed by atoms with Crippen LogP contribution in [0.2, 0.25) is 0 Å². The second-order valence-corrected chi connectivity index (χ2v) is 17.7. The third-order valence-corrected chi connectivity index (χ3v) is 10.9. The molecule has 2 fully saturated rings. The maximum absolute atomic E-state index is 11.5. The lowest BCUT2D eigenvalue weighted by Gasteiger charge is -2.27. The van der Waals surface area contributed by atoms with Gasteiger partial charge in [0.25, 0.3) is 0 Å². The third kappa shape index (κ3) is 18.8. The van der Waals surface area contributed by atoms with Gasteiger partial charge >= 0.3 is 17.9 Å². The molecule has 4 unspecified atom stereocenters. The van der Waals surface area contributed by atoms with Gasteiger partial charge in [-0.05, 0) is 85.0 Å². The fourth-order valence-electron chi connectivity index (χ4n) is 6.16. The van der Waals surface area contributed by atoms with Crippen molar-refractivity contribution < 1.29 is 62.9 Å². The molecule has 6 rings (SSSR count). The molecule has 0 saturated carbocycles. The standard InChI is InChI=1S/C29H36O7.C21H24O4.C4H6O2.CH4/c1-19(2)27(32)35-16-24(30)15-21-7-9-22(10-8-21)29(5,6)23-11-13-26(14-12-23)34-17-25(31)18-36-28(33)20(3)4;1-21(2,15-3-7-17(8-4-15)22-11-19-13-24-19)16-5-9-18(10-6-16)23-12-20-14-25-20;1-3(2)4(5)6;/h7-14,24-25,30-31H,1,3,15-18H2,2,4-6H3;3-10,19-20H,11-14H2,1-2H3;1H2,2H3,(H,5,6);1H4. The van der Waals surface area contributed by atoms with E-state index in [0.29, 0.717) is 31.0 Å². The summed E-state index contributed by atoms with van der Waals surface area (Å²) < 4.78 is 37.3. The number of aliphatic carboxylic acids is 1. The van der Waals surface area contributed by atoms with E-state index in [2.05, 4.69) is 71.7 Å². The van der Waals surface area contributed by atoms with Gasteiger partial charge in [0.1, 0.15) is 68.6 Å². The zero-order valence-electron chi connectivity index (χ0n) is 39.7. The van der Waals surface area contributed by atoms with Crippen molar-refractivity contribution >= 4 is 17.9 Å². The summed E-state index contributed by atoms with van der Waals surface area (Å²) in [7, 11) is 0. The smallest absolute Gasteiger partial charge is 0.333 e. The first kappa shape index (κ1) is 56.1. The summed E-state index contributed by atoms with van der Waals surface area (Å²) in [5, 5.41) is 28.0. The molecule has 4 aromatic rings. The number of carboxylic acids is 1. The lowest BCUT2D eigenvalue weighted by Crippen LogP contribution is -2.25. The Bertz CT molecular complexity index is 2180. The second-order valence-electron chi connectivity index (χ2n) is 17.7. The molecule has 3 N–H and O–H groups in total. The van der Waals surface area contributed by atoms with Crippen LogP contribution in [-0.4, -0.2) is 104 Å². The number of carboxylic acid groups (broad SMARTS) is 1. The molecule has 368 valence electrons. The molecule has 4 atom stereocenters. The highest BCUT2D eigenvalue weighted by atomic mass is 16.6. The molecule has 4 aromatic carbocycles. The van der Waals surface area contributed by atoms with Crippen LogP contribution in [0, 0.1) is 0 Å². The van der Waals surface area contributed by atoms with Gasteiger partial charge in [-0.3, -0.25) is 0 Å². The van der Waals surface area contributed by atoms with Gasteiger partial charge < -0.3 is 48.5 Å². The van der Waals surface area contributed by atoms with E-state index in [-0.39, 0.29) is 61.4 Å². The number of hydrogen-bond acceptors (Lipinski definition) is 12. The zero-order valence-corrected chi connectivity index (χ0v) is 39.7. The predicted octanol–water partition coefficient (Wildman–Crippen LogP) is 8.75. The Morgan fingerprint density at radius 2 is 0.868 bits per heavy atom. The molecule has 0 aromatic heterocycles. The summed E-state index contributed by atoms with van der Waals surface area (Å²) in [6.45, 7) is 26.1. The molecule has 2 aliphatic heterocycles. The minimum atomic E-state index is -0.945. The maximum Gasteiger partial charge on any atom is 0.333 e. The molecule has 2 aliphatic rings. The summed E-state index contributed by atoms with van der Waals surface area (Å²) >= 11 is 0. The number of carbonyl (C=O) groups is 3. The maximum atomic E-state index is 11.5. The first-order valence-electron chi connectivity index (χ1n) is 22.1. The monoisotopic (exact) mass is 938 g/mol. The molecule has 68 heavy (non-hydrogen) atoms. The molecule has 2 saturated heterocycles. The lowest BCUT2D eigenvalue weighted by atomic mass is 9.78. The third-order valence-electron chi connectivity index (χ3n) is 10.9. The van der Waals surface area contributed by atoms with Crippen molar-refractivity contribution in [3.63, 3.8) is 0 Å². The molecule has 13 heteroatoms. The van der Waals surface area contributed by atoms with Crippen LogP contribution >= 0.6 is 0 Å². The highest BCUT2D eigenvalue weighted by molar-refractivity contribution is 5.87. The fourth-order valence-corrected chi connectivity index (χ4v) is 6.16. The number of rotatable bonds is 22. The van der Waals surface area contributed by atoms with E-state index in [9.17, 15) is 24.6 Å². The molecular weight excluding hydrogens is 869 g/mol. The molecule has 0 bridgehead atoms. The minimum Gasteiger partial charge on any atom is -0.491 e. The van der Waals surface area contributed by atoms with Gasteiger partial charge in [0.15, 0.2) is 0 Å². The molecule has 0 aliphatic carbocycles. The zero-order chi connectivity index (χ0) is 49.3. The van der Waals surface area contributed by atoms with Gasteiger partial charge in [0, 0.05) is 34.0 Å².